The molecule has 0 aliphatic rings. The van der Waals surface area contributed by atoms with Crippen molar-refractivity contribution in [3.05, 3.63) is 64.4 Å². The highest BCUT2D eigenvalue weighted by Gasteiger charge is 2.33. The zero-order valence-corrected chi connectivity index (χ0v) is 15.8. The second-order valence-corrected chi connectivity index (χ2v) is 6.63. The Balaban J connectivity index is 1.88. The molecular formula is C19H17ClF3N5. The number of alkyl halides is 3. The minimum absolute atomic E-state index is 0.152. The summed E-state index contributed by atoms with van der Waals surface area (Å²) in [5.74, 6) is 0.516. The third kappa shape index (κ3) is 4.28. The number of nitrogens with two attached hydrogens (primary N) is 1. The van der Waals surface area contributed by atoms with E-state index in [0.717, 1.165) is 22.9 Å². The van der Waals surface area contributed by atoms with Crippen molar-refractivity contribution in [1.29, 1.82) is 0 Å². The number of hydrogen-bond acceptors (Lipinski definition) is 5. The predicted molar refractivity (Wildman–Crippen MR) is 105 cm³/mol. The van der Waals surface area contributed by atoms with E-state index in [9.17, 15) is 13.2 Å². The predicted octanol–water partition coefficient (Wildman–Crippen LogP) is 5.84. The van der Waals surface area contributed by atoms with Crippen LogP contribution in [0.5, 0.6) is 0 Å². The molecule has 0 saturated carbocycles. The lowest BCUT2D eigenvalue weighted by atomic mass is 10.1. The van der Waals surface area contributed by atoms with Crippen LogP contribution in [0.1, 0.15) is 16.7 Å². The van der Waals surface area contributed by atoms with E-state index in [1.54, 1.807) is 0 Å². The Labute approximate surface area is 164 Å². The van der Waals surface area contributed by atoms with Gasteiger partial charge in [-0.15, -0.1) is 0 Å². The quantitative estimate of drug-likeness (QED) is 0.507. The Hall–Kier alpha value is -3.00. The van der Waals surface area contributed by atoms with E-state index >= 15 is 0 Å². The molecule has 0 radical (unpaired) electrons. The Morgan fingerprint density at radius 3 is 2.04 bits per heavy atom. The van der Waals surface area contributed by atoms with Gasteiger partial charge in [0.1, 0.15) is 12.0 Å². The Kier molecular flexibility index (Phi) is 5.33. The minimum Gasteiger partial charge on any atom is -0.393 e. The number of anilines is 5. The first-order valence-corrected chi connectivity index (χ1v) is 8.61. The molecule has 0 unspecified atom stereocenters. The fraction of sp³-hybridized carbons (Fsp3) is 0.158. The number of nitrogens with zero attached hydrogens (tertiary/aromatic N) is 2. The molecule has 9 heteroatoms. The van der Waals surface area contributed by atoms with Crippen molar-refractivity contribution in [2.24, 2.45) is 0 Å². The largest absolute Gasteiger partial charge is 0.417 e. The van der Waals surface area contributed by atoms with Crippen LogP contribution in [-0.2, 0) is 6.18 Å². The Morgan fingerprint density at radius 1 is 0.893 bits per heavy atom. The molecule has 146 valence electrons. The Bertz CT molecular complexity index is 1020. The minimum atomic E-state index is -4.57. The molecule has 28 heavy (non-hydrogen) atoms. The monoisotopic (exact) mass is 407 g/mol. The molecule has 0 aliphatic carbocycles. The molecule has 1 heterocycles. The van der Waals surface area contributed by atoms with Gasteiger partial charge in [0.05, 0.1) is 10.6 Å². The SMILES string of the molecule is Cc1ccc(Nc2ncnc(Nc3ccc(Cl)c(C(F)(F)F)c3)c2N)cc1C. The van der Waals surface area contributed by atoms with E-state index in [0.29, 0.717) is 5.82 Å². The lowest BCUT2D eigenvalue weighted by molar-refractivity contribution is -0.137. The van der Waals surface area contributed by atoms with Crippen molar-refractivity contribution in [2.45, 2.75) is 20.0 Å². The molecular weight excluding hydrogens is 391 g/mol. The number of aromatic nitrogens is 2. The standard InChI is InChI=1S/C19H17ClF3N5/c1-10-3-4-12(7-11(10)2)27-17-16(24)18(26-9-25-17)28-13-5-6-15(20)14(8-13)19(21,22)23/h3-9H,24H2,1-2H3,(H2,25,26,27,28). The summed E-state index contributed by atoms with van der Waals surface area (Å²) in [6.07, 6.45) is -3.30. The summed E-state index contributed by atoms with van der Waals surface area (Å²) in [5.41, 5.74) is 8.50. The maximum Gasteiger partial charge on any atom is 0.417 e. The molecule has 0 bridgehead atoms. The van der Waals surface area contributed by atoms with E-state index in [2.05, 4.69) is 20.6 Å². The summed E-state index contributed by atoms with van der Waals surface area (Å²) in [6, 6.07) is 9.26. The van der Waals surface area contributed by atoms with E-state index < -0.39 is 11.7 Å². The average Bonchev–Trinajstić information content (AvgIpc) is 2.62. The summed E-state index contributed by atoms with van der Waals surface area (Å²) < 4.78 is 39.1. The van der Waals surface area contributed by atoms with E-state index in [1.165, 1.54) is 18.5 Å². The molecule has 3 aromatic rings. The van der Waals surface area contributed by atoms with E-state index in [-0.39, 0.29) is 22.2 Å². The van der Waals surface area contributed by atoms with Crippen molar-refractivity contribution in [1.82, 2.24) is 9.97 Å². The van der Waals surface area contributed by atoms with Crippen molar-refractivity contribution in [3.8, 4) is 0 Å². The third-order valence-corrected chi connectivity index (χ3v) is 4.52. The first kappa shape index (κ1) is 19.8. The maximum atomic E-state index is 13.0. The molecule has 0 atom stereocenters. The van der Waals surface area contributed by atoms with Gasteiger partial charge in [-0.1, -0.05) is 17.7 Å². The number of halogens is 4. The molecule has 0 aliphatic heterocycles. The molecule has 1 aromatic heterocycles. The van der Waals surface area contributed by atoms with Gasteiger partial charge >= 0.3 is 6.18 Å². The maximum absolute atomic E-state index is 13.0. The van der Waals surface area contributed by atoms with E-state index in [1.807, 2.05) is 32.0 Å². The van der Waals surface area contributed by atoms with Crippen LogP contribution >= 0.6 is 11.6 Å². The zero-order chi connectivity index (χ0) is 20.5. The van der Waals surface area contributed by atoms with Crippen LogP contribution in [0.15, 0.2) is 42.7 Å². The highest BCUT2D eigenvalue weighted by atomic mass is 35.5. The van der Waals surface area contributed by atoms with Crippen LogP contribution in [0.3, 0.4) is 0 Å². The molecule has 5 nitrogen and oxygen atoms in total. The summed E-state index contributed by atoms with van der Waals surface area (Å²) in [7, 11) is 0. The van der Waals surface area contributed by atoms with Gasteiger partial charge in [0, 0.05) is 11.4 Å². The second-order valence-electron chi connectivity index (χ2n) is 6.23. The summed E-state index contributed by atoms with van der Waals surface area (Å²) in [4.78, 5) is 8.13. The number of nitrogens with one attached hydrogen (secondary N) is 2. The number of rotatable bonds is 4. The van der Waals surface area contributed by atoms with Crippen LogP contribution in [-0.4, -0.2) is 9.97 Å². The van der Waals surface area contributed by atoms with Crippen LogP contribution in [0, 0.1) is 13.8 Å². The normalized spacial score (nSPS) is 11.4. The van der Waals surface area contributed by atoms with Gasteiger partial charge in [-0.3, -0.25) is 0 Å². The smallest absolute Gasteiger partial charge is 0.393 e. The van der Waals surface area contributed by atoms with Gasteiger partial charge in [-0.2, -0.15) is 13.2 Å². The summed E-state index contributed by atoms with van der Waals surface area (Å²) >= 11 is 5.65. The fourth-order valence-electron chi connectivity index (χ4n) is 2.51. The van der Waals surface area contributed by atoms with Crippen LogP contribution < -0.4 is 16.4 Å². The third-order valence-electron chi connectivity index (χ3n) is 4.19. The topological polar surface area (TPSA) is 75.9 Å². The first-order chi connectivity index (χ1) is 13.1. The van der Waals surface area contributed by atoms with Crippen LogP contribution in [0.2, 0.25) is 5.02 Å². The van der Waals surface area contributed by atoms with Crippen molar-refractivity contribution in [2.75, 3.05) is 16.4 Å². The summed E-state index contributed by atoms with van der Waals surface area (Å²) in [5, 5.41) is 5.49. The van der Waals surface area contributed by atoms with Crippen molar-refractivity contribution in [3.63, 3.8) is 0 Å². The van der Waals surface area contributed by atoms with Crippen molar-refractivity contribution < 1.29 is 13.2 Å². The van der Waals surface area contributed by atoms with Gasteiger partial charge < -0.3 is 16.4 Å². The van der Waals surface area contributed by atoms with Crippen LogP contribution in [0.4, 0.5) is 41.9 Å². The fourth-order valence-corrected chi connectivity index (χ4v) is 2.73. The molecule has 4 N–H and O–H groups in total. The zero-order valence-electron chi connectivity index (χ0n) is 15.0. The first-order valence-electron chi connectivity index (χ1n) is 8.23. The van der Waals surface area contributed by atoms with Gasteiger partial charge in [0.2, 0.25) is 0 Å². The van der Waals surface area contributed by atoms with Gasteiger partial charge in [-0.25, -0.2) is 9.97 Å². The average molecular weight is 408 g/mol. The summed E-state index contributed by atoms with van der Waals surface area (Å²) in [6.45, 7) is 3.98. The van der Waals surface area contributed by atoms with Crippen molar-refractivity contribution >= 4 is 40.3 Å². The number of nitrogen functional groups attached to an aromatic ring is 1. The van der Waals surface area contributed by atoms with E-state index in [4.69, 9.17) is 17.3 Å². The molecule has 0 fully saturated rings. The molecule has 0 spiro atoms. The number of benzene rings is 2. The lowest BCUT2D eigenvalue weighted by Gasteiger charge is -2.15. The van der Waals surface area contributed by atoms with Gasteiger partial charge in [0.25, 0.3) is 0 Å². The van der Waals surface area contributed by atoms with Crippen LogP contribution in [0.25, 0.3) is 0 Å². The molecule has 2 aromatic carbocycles. The lowest BCUT2D eigenvalue weighted by Crippen LogP contribution is -2.08. The highest BCUT2D eigenvalue weighted by Crippen LogP contribution is 2.37. The molecule has 0 saturated heterocycles. The number of aryl methyl sites for hydroxylation is 2. The molecule has 0 amide bonds. The molecule has 3 rings (SSSR count). The highest BCUT2D eigenvalue weighted by molar-refractivity contribution is 6.31. The second kappa shape index (κ2) is 7.55. The number of hydrogen-bond donors (Lipinski definition) is 3. The van der Waals surface area contributed by atoms with Gasteiger partial charge in [0.15, 0.2) is 11.6 Å². The Morgan fingerprint density at radius 2 is 1.46 bits per heavy atom. The van der Waals surface area contributed by atoms with Gasteiger partial charge in [-0.05, 0) is 55.3 Å².